The van der Waals surface area contributed by atoms with Gasteiger partial charge in [-0.3, -0.25) is 4.79 Å². The van der Waals surface area contributed by atoms with E-state index in [1.54, 1.807) is 62.6 Å². The third-order valence-corrected chi connectivity index (χ3v) is 5.17. The molecule has 1 aromatic heterocycles. The zero-order valence-corrected chi connectivity index (χ0v) is 17.1. The Morgan fingerprint density at radius 3 is 2.66 bits per heavy atom. The summed E-state index contributed by atoms with van der Waals surface area (Å²) in [6.45, 7) is 0. The minimum atomic E-state index is -0.291. The van der Waals surface area contributed by atoms with Gasteiger partial charge in [-0.2, -0.15) is 5.10 Å². The van der Waals surface area contributed by atoms with Crippen LogP contribution in [0.15, 0.2) is 59.0 Å². The van der Waals surface area contributed by atoms with Gasteiger partial charge in [0.1, 0.15) is 17.8 Å². The van der Waals surface area contributed by atoms with Gasteiger partial charge in [0.05, 0.1) is 20.4 Å². The number of hydrazone groups is 1. The topological polar surface area (TPSA) is 90.6 Å². The molecular formula is C20H21N5O3S. The van der Waals surface area contributed by atoms with E-state index in [0.717, 1.165) is 22.0 Å². The van der Waals surface area contributed by atoms with Gasteiger partial charge in [0.15, 0.2) is 5.16 Å². The van der Waals surface area contributed by atoms with Crippen LogP contribution < -0.4 is 14.9 Å². The molecule has 0 radical (unpaired) electrons. The lowest BCUT2D eigenvalue weighted by atomic mass is 10.1. The Hall–Kier alpha value is -3.33. The van der Waals surface area contributed by atoms with Crippen LogP contribution in [0.3, 0.4) is 0 Å². The molecule has 29 heavy (non-hydrogen) atoms. The highest BCUT2D eigenvalue weighted by Gasteiger charge is 2.07. The molecule has 150 valence electrons. The quantitative estimate of drug-likeness (QED) is 0.348. The summed E-state index contributed by atoms with van der Waals surface area (Å²) in [5.74, 6) is 1.73. The number of hydrogen-bond donors (Lipinski definition) is 1. The Bertz CT molecular complexity index is 1000. The minimum absolute atomic E-state index is 0.291. The maximum absolute atomic E-state index is 12.3. The summed E-state index contributed by atoms with van der Waals surface area (Å²) in [7, 11) is 5.05. The molecule has 0 spiro atoms. The van der Waals surface area contributed by atoms with Crippen molar-refractivity contribution < 1.29 is 14.3 Å². The Kier molecular flexibility index (Phi) is 6.85. The second kappa shape index (κ2) is 9.74. The van der Waals surface area contributed by atoms with Crippen LogP contribution in [-0.2, 0) is 12.8 Å². The summed E-state index contributed by atoms with van der Waals surface area (Å²) in [6, 6.07) is 12.7. The number of aromatic nitrogens is 3. The average Bonchev–Trinajstić information content (AvgIpc) is 3.17. The van der Waals surface area contributed by atoms with E-state index in [1.165, 1.54) is 6.21 Å². The molecule has 1 N–H and O–H groups in total. The SMILES string of the molecule is COc1ccc(/C=N/NC(=O)c2ccc(CSc3nncn3C)cc2)c(OC)c1. The van der Waals surface area contributed by atoms with Crippen molar-refractivity contribution in [3.05, 3.63) is 65.5 Å². The van der Waals surface area contributed by atoms with Crippen LogP contribution in [0.5, 0.6) is 11.5 Å². The maximum atomic E-state index is 12.3. The molecule has 0 bridgehead atoms. The monoisotopic (exact) mass is 411 g/mol. The average molecular weight is 411 g/mol. The lowest BCUT2D eigenvalue weighted by molar-refractivity contribution is 0.0955. The summed E-state index contributed by atoms with van der Waals surface area (Å²) < 4.78 is 12.3. The van der Waals surface area contributed by atoms with Crippen molar-refractivity contribution in [1.82, 2.24) is 20.2 Å². The molecule has 0 aliphatic carbocycles. The first kappa shape index (κ1) is 20.4. The highest BCUT2D eigenvalue weighted by atomic mass is 32.2. The van der Waals surface area contributed by atoms with Crippen molar-refractivity contribution in [2.75, 3.05) is 14.2 Å². The van der Waals surface area contributed by atoms with E-state index >= 15 is 0 Å². The molecule has 0 aliphatic heterocycles. The van der Waals surface area contributed by atoms with Gasteiger partial charge in [-0.15, -0.1) is 10.2 Å². The van der Waals surface area contributed by atoms with Crippen molar-refractivity contribution in [1.29, 1.82) is 0 Å². The van der Waals surface area contributed by atoms with Gasteiger partial charge in [-0.05, 0) is 29.8 Å². The summed E-state index contributed by atoms with van der Waals surface area (Å²) >= 11 is 1.58. The van der Waals surface area contributed by atoms with Crippen LogP contribution >= 0.6 is 11.8 Å². The number of aryl methyl sites for hydroxylation is 1. The summed E-state index contributed by atoms with van der Waals surface area (Å²) in [6.07, 6.45) is 3.19. The fourth-order valence-electron chi connectivity index (χ4n) is 2.45. The molecule has 0 atom stereocenters. The highest BCUT2D eigenvalue weighted by Crippen LogP contribution is 2.23. The van der Waals surface area contributed by atoms with Gasteiger partial charge >= 0.3 is 0 Å². The summed E-state index contributed by atoms with van der Waals surface area (Å²) in [5, 5.41) is 12.7. The number of benzene rings is 2. The van der Waals surface area contributed by atoms with E-state index < -0.39 is 0 Å². The molecule has 0 aliphatic rings. The number of nitrogens with one attached hydrogen (secondary N) is 1. The van der Waals surface area contributed by atoms with Crippen LogP contribution in [0.1, 0.15) is 21.5 Å². The van der Waals surface area contributed by atoms with Gasteiger partial charge in [-0.1, -0.05) is 23.9 Å². The maximum Gasteiger partial charge on any atom is 0.271 e. The largest absolute Gasteiger partial charge is 0.497 e. The third kappa shape index (κ3) is 5.35. The smallest absolute Gasteiger partial charge is 0.271 e. The van der Waals surface area contributed by atoms with Gasteiger partial charge < -0.3 is 14.0 Å². The molecule has 2 aromatic carbocycles. The number of rotatable bonds is 8. The Morgan fingerprint density at radius 1 is 1.21 bits per heavy atom. The van der Waals surface area contributed by atoms with E-state index in [-0.39, 0.29) is 5.91 Å². The van der Waals surface area contributed by atoms with Gasteiger partial charge in [0.25, 0.3) is 5.91 Å². The molecule has 0 unspecified atom stereocenters. The predicted molar refractivity (Wildman–Crippen MR) is 112 cm³/mol. The van der Waals surface area contributed by atoms with Crippen LogP contribution in [0.2, 0.25) is 0 Å². The number of nitrogens with zero attached hydrogens (tertiary/aromatic N) is 4. The van der Waals surface area contributed by atoms with Gasteiger partial charge in [0, 0.05) is 30.0 Å². The highest BCUT2D eigenvalue weighted by molar-refractivity contribution is 7.98. The number of methoxy groups -OCH3 is 2. The number of carbonyl (C=O) groups is 1. The molecule has 1 heterocycles. The van der Waals surface area contributed by atoms with E-state index in [0.29, 0.717) is 17.1 Å². The second-order valence-electron chi connectivity index (χ2n) is 6.02. The third-order valence-electron chi connectivity index (χ3n) is 4.06. The first-order chi connectivity index (χ1) is 14.1. The predicted octanol–water partition coefficient (Wildman–Crippen LogP) is 2.89. The Morgan fingerprint density at radius 2 is 2.00 bits per heavy atom. The van der Waals surface area contributed by atoms with E-state index in [1.807, 2.05) is 23.7 Å². The number of hydrogen-bond acceptors (Lipinski definition) is 7. The Labute approximate surface area is 172 Å². The van der Waals surface area contributed by atoms with Crippen molar-refractivity contribution >= 4 is 23.9 Å². The first-order valence-corrected chi connectivity index (χ1v) is 9.70. The number of thioether (sulfide) groups is 1. The molecule has 3 aromatic rings. The van der Waals surface area contributed by atoms with Gasteiger partial charge in [-0.25, -0.2) is 5.43 Å². The van der Waals surface area contributed by atoms with Crippen LogP contribution in [0, 0.1) is 0 Å². The fraction of sp³-hybridized carbons (Fsp3) is 0.200. The summed E-state index contributed by atoms with van der Waals surface area (Å²) in [4.78, 5) is 12.3. The minimum Gasteiger partial charge on any atom is -0.497 e. The van der Waals surface area contributed by atoms with Crippen molar-refractivity contribution in [3.8, 4) is 11.5 Å². The van der Waals surface area contributed by atoms with E-state index in [9.17, 15) is 4.79 Å². The van der Waals surface area contributed by atoms with Crippen molar-refractivity contribution in [2.45, 2.75) is 10.9 Å². The molecule has 8 nitrogen and oxygen atoms in total. The van der Waals surface area contributed by atoms with E-state index in [4.69, 9.17) is 9.47 Å². The molecule has 0 saturated heterocycles. The molecule has 0 saturated carbocycles. The normalized spacial score (nSPS) is 10.9. The lowest BCUT2D eigenvalue weighted by Gasteiger charge is -2.07. The van der Waals surface area contributed by atoms with Crippen LogP contribution in [-0.4, -0.2) is 41.1 Å². The summed E-state index contributed by atoms with van der Waals surface area (Å²) in [5.41, 5.74) is 4.86. The number of ether oxygens (including phenoxy) is 2. The van der Waals surface area contributed by atoms with E-state index in [2.05, 4.69) is 20.7 Å². The number of carbonyl (C=O) groups excluding carboxylic acids is 1. The van der Waals surface area contributed by atoms with Crippen molar-refractivity contribution in [3.63, 3.8) is 0 Å². The van der Waals surface area contributed by atoms with Crippen molar-refractivity contribution in [2.24, 2.45) is 12.1 Å². The lowest BCUT2D eigenvalue weighted by Crippen LogP contribution is -2.17. The van der Waals surface area contributed by atoms with Crippen LogP contribution in [0.4, 0.5) is 0 Å². The standard InChI is InChI=1S/C20H21N5O3S/c1-25-13-22-24-20(25)29-12-14-4-6-15(7-5-14)19(26)23-21-11-16-8-9-17(27-2)10-18(16)28-3/h4-11,13H,12H2,1-3H3,(H,23,26)/b21-11+. The Balaban J connectivity index is 1.57. The molecular weight excluding hydrogens is 390 g/mol. The van der Waals surface area contributed by atoms with Crippen LogP contribution in [0.25, 0.3) is 0 Å². The molecule has 0 fully saturated rings. The molecule has 1 amide bonds. The second-order valence-corrected chi connectivity index (χ2v) is 6.96. The molecule has 9 heteroatoms. The number of amides is 1. The fourth-order valence-corrected chi connectivity index (χ4v) is 3.30. The zero-order chi connectivity index (χ0) is 20.6. The molecule has 3 rings (SSSR count). The first-order valence-electron chi connectivity index (χ1n) is 8.72. The zero-order valence-electron chi connectivity index (χ0n) is 16.3. The van der Waals surface area contributed by atoms with Gasteiger partial charge in [0.2, 0.25) is 0 Å².